The van der Waals surface area contributed by atoms with Crippen molar-refractivity contribution in [2.75, 3.05) is 5.32 Å². The van der Waals surface area contributed by atoms with E-state index in [0.717, 1.165) is 17.7 Å². The van der Waals surface area contributed by atoms with Crippen LogP contribution in [0.5, 0.6) is 0 Å². The maximum absolute atomic E-state index is 13.8. The van der Waals surface area contributed by atoms with Gasteiger partial charge in [0.25, 0.3) is 5.91 Å². The van der Waals surface area contributed by atoms with Gasteiger partial charge in [-0.05, 0) is 73.7 Å². The molecule has 0 atom stereocenters. The number of hydrogen-bond donors (Lipinski definition) is 1. The van der Waals surface area contributed by atoms with Crippen LogP contribution in [0.3, 0.4) is 0 Å². The molecule has 3 heterocycles. The number of hydrogen-bond acceptors (Lipinski definition) is 4. The van der Waals surface area contributed by atoms with Gasteiger partial charge in [-0.3, -0.25) is 14.8 Å². The standard InChI is InChI=1S/C28H19F4N5O/c1-17-3-2-4-24(34-17)22-15-19(5-10-23(22)28(30,31)32)27(38)35-26-16-25(18-11-13-33-14-12-18)36-37(26)21-8-6-20(29)7-9-21/h2-16H,1H3,(H,35,38). The maximum atomic E-state index is 13.8. The highest BCUT2D eigenvalue weighted by molar-refractivity contribution is 6.05. The molecule has 0 fully saturated rings. The molecule has 6 nitrogen and oxygen atoms in total. The van der Waals surface area contributed by atoms with E-state index in [0.29, 0.717) is 17.1 Å². The van der Waals surface area contributed by atoms with Crippen LogP contribution in [0.25, 0.3) is 28.2 Å². The van der Waals surface area contributed by atoms with Crippen molar-refractivity contribution >= 4 is 11.7 Å². The molecule has 5 rings (SSSR count). The molecule has 190 valence electrons. The Kier molecular flexibility index (Phi) is 6.46. The van der Waals surface area contributed by atoms with E-state index in [1.807, 2.05) is 0 Å². The summed E-state index contributed by atoms with van der Waals surface area (Å²) in [5.74, 6) is -0.858. The van der Waals surface area contributed by atoms with Crippen LogP contribution < -0.4 is 5.32 Å². The SMILES string of the molecule is Cc1cccc(-c2cc(C(=O)Nc3cc(-c4ccncc4)nn3-c3ccc(F)cc3)ccc2C(F)(F)F)n1. The predicted octanol–water partition coefficient (Wildman–Crippen LogP) is 6.71. The number of halogens is 4. The van der Waals surface area contributed by atoms with E-state index < -0.39 is 23.5 Å². The molecule has 0 saturated heterocycles. The highest BCUT2D eigenvalue weighted by Gasteiger charge is 2.34. The molecule has 0 radical (unpaired) electrons. The van der Waals surface area contributed by atoms with E-state index in [2.05, 4.69) is 20.4 Å². The zero-order valence-corrected chi connectivity index (χ0v) is 19.9. The van der Waals surface area contributed by atoms with Crippen LogP contribution in [0.15, 0.2) is 91.3 Å². The van der Waals surface area contributed by atoms with Gasteiger partial charge in [0, 0.05) is 40.8 Å². The molecule has 3 aromatic heterocycles. The molecule has 2 aromatic carbocycles. The fourth-order valence-electron chi connectivity index (χ4n) is 3.94. The van der Waals surface area contributed by atoms with Crippen molar-refractivity contribution in [3.8, 4) is 28.2 Å². The number of benzene rings is 2. The summed E-state index contributed by atoms with van der Waals surface area (Å²) in [6.07, 6.45) is -1.46. The molecule has 0 aliphatic rings. The smallest absolute Gasteiger partial charge is 0.306 e. The van der Waals surface area contributed by atoms with Crippen molar-refractivity contribution in [1.29, 1.82) is 0 Å². The van der Waals surface area contributed by atoms with Gasteiger partial charge in [-0.1, -0.05) is 6.07 Å². The molecular formula is C28H19F4N5O. The minimum Gasteiger partial charge on any atom is -0.306 e. The van der Waals surface area contributed by atoms with Crippen LogP contribution >= 0.6 is 0 Å². The lowest BCUT2D eigenvalue weighted by Crippen LogP contribution is -2.16. The van der Waals surface area contributed by atoms with E-state index in [-0.39, 0.29) is 22.6 Å². The number of nitrogens with zero attached hydrogens (tertiary/aromatic N) is 4. The van der Waals surface area contributed by atoms with Crippen LogP contribution in [0.1, 0.15) is 21.6 Å². The molecule has 10 heteroatoms. The minimum absolute atomic E-state index is 0.00590. The first-order chi connectivity index (χ1) is 18.2. The van der Waals surface area contributed by atoms with Gasteiger partial charge >= 0.3 is 6.18 Å². The number of alkyl halides is 3. The Morgan fingerprint density at radius 2 is 1.63 bits per heavy atom. The molecule has 0 aliphatic heterocycles. The molecule has 0 bridgehead atoms. The fourth-order valence-corrected chi connectivity index (χ4v) is 3.94. The number of carbonyl (C=O) groups is 1. The molecule has 0 saturated carbocycles. The monoisotopic (exact) mass is 517 g/mol. The third-order valence-corrected chi connectivity index (χ3v) is 5.75. The second kappa shape index (κ2) is 9.89. The summed E-state index contributed by atoms with van der Waals surface area (Å²) >= 11 is 0. The van der Waals surface area contributed by atoms with Crippen molar-refractivity contribution < 1.29 is 22.4 Å². The van der Waals surface area contributed by atoms with Gasteiger partial charge in [0.15, 0.2) is 0 Å². The van der Waals surface area contributed by atoms with E-state index in [1.165, 1.54) is 41.1 Å². The number of anilines is 1. The van der Waals surface area contributed by atoms with Gasteiger partial charge in [0.05, 0.1) is 22.6 Å². The van der Waals surface area contributed by atoms with Gasteiger partial charge < -0.3 is 5.32 Å². The second-order valence-corrected chi connectivity index (χ2v) is 8.42. The van der Waals surface area contributed by atoms with Crippen molar-refractivity contribution in [3.63, 3.8) is 0 Å². The van der Waals surface area contributed by atoms with E-state index in [1.54, 1.807) is 49.6 Å². The molecule has 1 amide bonds. The van der Waals surface area contributed by atoms with Gasteiger partial charge in [-0.15, -0.1) is 0 Å². The average Bonchev–Trinajstić information content (AvgIpc) is 3.32. The summed E-state index contributed by atoms with van der Waals surface area (Å²) in [5, 5.41) is 7.27. The number of amides is 1. The minimum atomic E-state index is -4.64. The Morgan fingerprint density at radius 3 is 2.32 bits per heavy atom. The van der Waals surface area contributed by atoms with Gasteiger partial charge in [-0.2, -0.15) is 18.3 Å². The van der Waals surface area contributed by atoms with E-state index in [4.69, 9.17) is 0 Å². The number of aryl methyl sites for hydroxylation is 1. The highest BCUT2D eigenvalue weighted by atomic mass is 19.4. The first kappa shape index (κ1) is 24.8. The molecule has 0 aliphatic carbocycles. The molecule has 5 aromatic rings. The number of rotatable bonds is 5. The average molecular weight is 517 g/mol. The topological polar surface area (TPSA) is 72.7 Å². The number of nitrogens with one attached hydrogen (secondary N) is 1. The van der Waals surface area contributed by atoms with Crippen molar-refractivity contribution in [2.45, 2.75) is 13.1 Å². The summed E-state index contributed by atoms with van der Waals surface area (Å²) < 4.78 is 56.3. The van der Waals surface area contributed by atoms with Crippen LogP contribution in [0.2, 0.25) is 0 Å². The molecule has 38 heavy (non-hydrogen) atoms. The number of carbonyl (C=O) groups excluding carboxylic acids is 1. The Balaban J connectivity index is 1.55. The van der Waals surface area contributed by atoms with Gasteiger partial charge in [0.2, 0.25) is 0 Å². The normalized spacial score (nSPS) is 11.4. The van der Waals surface area contributed by atoms with Gasteiger partial charge in [0.1, 0.15) is 11.6 Å². The molecule has 0 spiro atoms. The summed E-state index contributed by atoms with van der Waals surface area (Å²) in [7, 11) is 0. The van der Waals surface area contributed by atoms with E-state index in [9.17, 15) is 22.4 Å². The lowest BCUT2D eigenvalue weighted by Gasteiger charge is -2.15. The van der Waals surface area contributed by atoms with Crippen LogP contribution in [0, 0.1) is 12.7 Å². The van der Waals surface area contributed by atoms with Crippen molar-refractivity contribution in [3.05, 3.63) is 114 Å². The summed E-state index contributed by atoms with van der Waals surface area (Å²) in [6.45, 7) is 1.67. The molecule has 1 N–H and O–H groups in total. The fraction of sp³-hybridized carbons (Fsp3) is 0.0714. The Labute approximate surface area is 214 Å². The second-order valence-electron chi connectivity index (χ2n) is 8.42. The summed E-state index contributed by atoms with van der Waals surface area (Å²) in [4.78, 5) is 21.5. The quantitative estimate of drug-likeness (QED) is 0.263. The lowest BCUT2D eigenvalue weighted by atomic mass is 9.99. The molecular weight excluding hydrogens is 498 g/mol. The highest BCUT2D eigenvalue weighted by Crippen LogP contribution is 2.37. The van der Waals surface area contributed by atoms with Crippen LogP contribution in [-0.4, -0.2) is 25.7 Å². The zero-order valence-electron chi connectivity index (χ0n) is 19.9. The Hall–Kier alpha value is -4.86. The van der Waals surface area contributed by atoms with Crippen LogP contribution in [0.4, 0.5) is 23.4 Å². The summed E-state index contributed by atoms with van der Waals surface area (Å²) in [6, 6.07) is 18.5. The third kappa shape index (κ3) is 5.15. The third-order valence-electron chi connectivity index (χ3n) is 5.75. The van der Waals surface area contributed by atoms with Gasteiger partial charge in [-0.25, -0.2) is 9.07 Å². The lowest BCUT2D eigenvalue weighted by molar-refractivity contribution is -0.137. The predicted molar refractivity (Wildman–Crippen MR) is 134 cm³/mol. The number of pyridine rings is 2. The first-order valence-corrected chi connectivity index (χ1v) is 11.4. The van der Waals surface area contributed by atoms with Crippen LogP contribution in [-0.2, 0) is 6.18 Å². The van der Waals surface area contributed by atoms with Crippen molar-refractivity contribution in [1.82, 2.24) is 19.7 Å². The largest absolute Gasteiger partial charge is 0.417 e. The van der Waals surface area contributed by atoms with Crippen molar-refractivity contribution in [2.24, 2.45) is 0 Å². The van der Waals surface area contributed by atoms with E-state index >= 15 is 0 Å². The Bertz CT molecular complexity index is 1610. The molecule has 0 unspecified atom stereocenters. The maximum Gasteiger partial charge on any atom is 0.417 e. The summed E-state index contributed by atoms with van der Waals surface area (Å²) in [5.41, 5.74) is 1.22. The zero-order chi connectivity index (χ0) is 26.9. The Morgan fingerprint density at radius 1 is 0.895 bits per heavy atom. The number of aromatic nitrogens is 4. The first-order valence-electron chi connectivity index (χ1n) is 11.4.